The van der Waals surface area contributed by atoms with Gasteiger partial charge in [0.15, 0.2) is 0 Å². The number of rotatable bonds is 5. The lowest BCUT2D eigenvalue weighted by Gasteiger charge is -2.16. The normalized spacial score (nSPS) is 30.1. The van der Waals surface area contributed by atoms with E-state index >= 15 is 0 Å². The third kappa shape index (κ3) is 3.18. The van der Waals surface area contributed by atoms with Crippen molar-refractivity contribution in [2.45, 2.75) is 31.2 Å². The Morgan fingerprint density at radius 1 is 1.39 bits per heavy atom. The predicted molar refractivity (Wildman–Crippen MR) is 59.1 cm³/mol. The third-order valence-corrected chi connectivity index (χ3v) is 3.05. The highest BCUT2D eigenvalue weighted by Crippen LogP contribution is 2.28. The number of carboxylic acids is 1. The van der Waals surface area contributed by atoms with E-state index in [-0.39, 0.29) is 24.9 Å². The van der Waals surface area contributed by atoms with Gasteiger partial charge in [0.1, 0.15) is 12.2 Å². The monoisotopic (exact) mass is 259 g/mol. The first kappa shape index (κ1) is 13.3. The minimum Gasteiger partial charge on any atom is -0.474 e. The first-order chi connectivity index (χ1) is 8.68. The molecule has 0 bridgehead atoms. The smallest absolute Gasteiger partial charge is 0.394 e. The molecule has 3 atom stereocenters. The van der Waals surface area contributed by atoms with Crippen molar-refractivity contribution in [2.24, 2.45) is 0 Å². The van der Waals surface area contributed by atoms with Crippen LogP contribution in [0.1, 0.15) is 12.8 Å². The maximum absolute atomic E-state index is 10.7. The van der Waals surface area contributed by atoms with Gasteiger partial charge < -0.3 is 24.6 Å². The van der Waals surface area contributed by atoms with E-state index in [1.807, 2.05) is 0 Å². The van der Waals surface area contributed by atoms with Crippen LogP contribution in [0.25, 0.3) is 0 Å². The molecule has 2 aliphatic heterocycles. The largest absolute Gasteiger partial charge is 0.474 e. The van der Waals surface area contributed by atoms with Gasteiger partial charge >= 0.3 is 11.9 Å². The number of carbonyl (C=O) groups excluding carboxylic acids is 1. The number of aliphatic carboxylic acids is 1. The van der Waals surface area contributed by atoms with Gasteiger partial charge in [-0.25, -0.2) is 4.79 Å². The Labute approximate surface area is 104 Å². The van der Waals surface area contributed by atoms with Crippen LogP contribution in [0.3, 0.4) is 0 Å². The van der Waals surface area contributed by atoms with Gasteiger partial charge in [0.2, 0.25) is 0 Å². The number of fused-ring (bicyclic) bond motifs is 1. The van der Waals surface area contributed by atoms with E-state index in [1.165, 1.54) is 0 Å². The second kappa shape index (κ2) is 6.12. The molecule has 2 aliphatic rings. The Morgan fingerprint density at radius 2 is 2.22 bits per heavy atom. The molecule has 18 heavy (non-hydrogen) atoms. The van der Waals surface area contributed by atoms with E-state index in [0.29, 0.717) is 26.2 Å². The summed E-state index contributed by atoms with van der Waals surface area (Å²) in [7, 11) is 0. The molecular weight excluding hydrogens is 242 g/mol. The van der Waals surface area contributed by atoms with Crippen molar-refractivity contribution in [3.05, 3.63) is 0 Å². The van der Waals surface area contributed by atoms with Gasteiger partial charge in [-0.15, -0.1) is 0 Å². The number of ether oxygens (including phenoxy) is 3. The molecule has 7 nitrogen and oxygen atoms in total. The second-order valence-corrected chi connectivity index (χ2v) is 4.32. The summed E-state index contributed by atoms with van der Waals surface area (Å²) in [4.78, 5) is 20.9. The van der Waals surface area contributed by atoms with E-state index in [2.05, 4.69) is 5.32 Å². The first-order valence-corrected chi connectivity index (χ1v) is 6.04. The fourth-order valence-corrected chi connectivity index (χ4v) is 2.16. The van der Waals surface area contributed by atoms with Crippen molar-refractivity contribution in [2.75, 3.05) is 26.4 Å². The Bertz CT molecular complexity index is 321. The molecule has 0 spiro atoms. The number of carbonyl (C=O) groups is 2. The van der Waals surface area contributed by atoms with Crippen molar-refractivity contribution in [1.29, 1.82) is 0 Å². The van der Waals surface area contributed by atoms with E-state index in [9.17, 15) is 9.59 Å². The molecule has 0 aromatic carbocycles. The molecule has 2 rings (SSSR count). The standard InChI is InChI=1S/C11H17NO6/c13-10(11(14)15)12-3-1-4-16-8-6-18-7-2-5-17-9(7)8/h7-9H,1-6H2,(H,12,13)(H,14,15). The number of hydrogen-bond donors (Lipinski definition) is 2. The molecule has 0 aromatic rings. The second-order valence-electron chi connectivity index (χ2n) is 4.32. The van der Waals surface area contributed by atoms with Crippen molar-refractivity contribution in [1.82, 2.24) is 5.32 Å². The van der Waals surface area contributed by atoms with Crippen LogP contribution in [0.5, 0.6) is 0 Å². The van der Waals surface area contributed by atoms with Crippen LogP contribution in [0.2, 0.25) is 0 Å². The van der Waals surface area contributed by atoms with Crippen LogP contribution < -0.4 is 5.32 Å². The zero-order valence-corrected chi connectivity index (χ0v) is 9.96. The summed E-state index contributed by atoms with van der Waals surface area (Å²) >= 11 is 0. The lowest BCUT2D eigenvalue weighted by Crippen LogP contribution is -2.33. The maximum Gasteiger partial charge on any atom is 0.394 e. The van der Waals surface area contributed by atoms with Gasteiger partial charge in [0.05, 0.1) is 12.7 Å². The minimum absolute atomic E-state index is 0.0265. The summed E-state index contributed by atoms with van der Waals surface area (Å²) in [6, 6.07) is 0. The summed E-state index contributed by atoms with van der Waals surface area (Å²) in [6.07, 6.45) is 1.61. The number of carboxylic acid groups (broad SMARTS) is 1. The molecule has 2 N–H and O–H groups in total. The third-order valence-electron chi connectivity index (χ3n) is 3.05. The van der Waals surface area contributed by atoms with E-state index in [0.717, 1.165) is 6.42 Å². The van der Waals surface area contributed by atoms with E-state index in [4.69, 9.17) is 19.3 Å². The van der Waals surface area contributed by atoms with Gasteiger partial charge in [0, 0.05) is 19.8 Å². The molecule has 2 fully saturated rings. The summed E-state index contributed by atoms with van der Waals surface area (Å²) in [5, 5.41) is 10.6. The molecule has 0 aromatic heterocycles. The van der Waals surface area contributed by atoms with Crippen LogP contribution in [-0.2, 0) is 23.8 Å². The average molecular weight is 259 g/mol. The molecule has 0 aliphatic carbocycles. The molecular formula is C11H17NO6. The first-order valence-electron chi connectivity index (χ1n) is 6.04. The van der Waals surface area contributed by atoms with Crippen molar-refractivity contribution < 1.29 is 28.9 Å². The lowest BCUT2D eigenvalue weighted by molar-refractivity contribution is -0.150. The van der Waals surface area contributed by atoms with E-state index < -0.39 is 11.9 Å². The highest BCUT2D eigenvalue weighted by molar-refractivity contribution is 6.31. The maximum atomic E-state index is 10.7. The number of nitrogens with one attached hydrogen (secondary N) is 1. The van der Waals surface area contributed by atoms with Crippen LogP contribution in [0, 0.1) is 0 Å². The number of amides is 1. The summed E-state index contributed by atoms with van der Waals surface area (Å²) in [6.45, 7) is 1.98. The van der Waals surface area contributed by atoms with Crippen LogP contribution in [0.4, 0.5) is 0 Å². The van der Waals surface area contributed by atoms with Gasteiger partial charge in [-0.05, 0) is 12.8 Å². The summed E-state index contributed by atoms with van der Waals surface area (Å²) in [5.74, 6) is -2.46. The summed E-state index contributed by atoms with van der Waals surface area (Å²) in [5.41, 5.74) is 0. The Balaban J connectivity index is 1.56. The summed E-state index contributed by atoms with van der Waals surface area (Å²) < 4.78 is 16.6. The fraction of sp³-hybridized carbons (Fsp3) is 0.818. The zero-order chi connectivity index (χ0) is 13.0. The molecule has 2 saturated heterocycles. The zero-order valence-electron chi connectivity index (χ0n) is 9.96. The minimum atomic E-state index is -1.47. The molecule has 7 heteroatoms. The predicted octanol–water partition coefficient (Wildman–Crippen LogP) is -0.850. The molecule has 0 saturated carbocycles. The quantitative estimate of drug-likeness (QED) is 0.493. The van der Waals surface area contributed by atoms with E-state index in [1.54, 1.807) is 0 Å². The molecule has 2 heterocycles. The van der Waals surface area contributed by atoms with Crippen LogP contribution in [0.15, 0.2) is 0 Å². The highest BCUT2D eigenvalue weighted by atomic mass is 16.6. The molecule has 1 amide bonds. The van der Waals surface area contributed by atoms with Gasteiger partial charge in [-0.3, -0.25) is 4.79 Å². The average Bonchev–Trinajstić information content (AvgIpc) is 2.92. The Morgan fingerprint density at radius 3 is 3.00 bits per heavy atom. The Kier molecular flexibility index (Phi) is 4.51. The Hall–Kier alpha value is -1.18. The van der Waals surface area contributed by atoms with Crippen LogP contribution >= 0.6 is 0 Å². The fourth-order valence-electron chi connectivity index (χ4n) is 2.16. The van der Waals surface area contributed by atoms with Gasteiger partial charge in [0.25, 0.3) is 0 Å². The SMILES string of the molecule is O=C(O)C(=O)NCCCOC1COC2CCOC21. The van der Waals surface area contributed by atoms with Crippen molar-refractivity contribution >= 4 is 11.9 Å². The topological polar surface area (TPSA) is 94.1 Å². The van der Waals surface area contributed by atoms with Crippen LogP contribution in [-0.4, -0.2) is 61.7 Å². The molecule has 3 unspecified atom stereocenters. The van der Waals surface area contributed by atoms with Gasteiger partial charge in [-0.2, -0.15) is 0 Å². The lowest BCUT2D eigenvalue weighted by atomic mass is 10.1. The van der Waals surface area contributed by atoms with Crippen molar-refractivity contribution in [3.63, 3.8) is 0 Å². The molecule has 0 radical (unpaired) electrons. The highest BCUT2D eigenvalue weighted by Gasteiger charge is 2.42. The molecule has 102 valence electrons. The van der Waals surface area contributed by atoms with Gasteiger partial charge in [-0.1, -0.05) is 0 Å². The number of hydrogen-bond acceptors (Lipinski definition) is 5. The van der Waals surface area contributed by atoms with Crippen molar-refractivity contribution in [3.8, 4) is 0 Å².